The molecule has 3 heteroatoms. The molecule has 2 rings (SSSR count). The monoisotopic (exact) mass is 286 g/mol. The van der Waals surface area contributed by atoms with Crippen LogP contribution < -0.4 is 0 Å². The maximum Gasteiger partial charge on any atom is 0.189 e. The van der Waals surface area contributed by atoms with E-state index in [1.807, 2.05) is 26.0 Å². The highest BCUT2D eigenvalue weighted by Crippen LogP contribution is 2.21. The number of benzene rings is 2. The van der Waals surface area contributed by atoms with Crippen LogP contribution in [0.1, 0.15) is 27.0 Å². The molecule has 0 atom stereocenters. The fraction of sp³-hybridized carbons (Fsp3) is 0.118. The van der Waals surface area contributed by atoms with E-state index in [2.05, 4.69) is 0 Å². The van der Waals surface area contributed by atoms with Crippen LogP contribution in [0.3, 0.4) is 0 Å². The highest BCUT2D eigenvalue weighted by molar-refractivity contribution is 6.30. The van der Waals surface area contributed by atoms with Crippen LogP contribution in [-0.2, 0) is 0 Å². The summed E-state index contributed by atoms with van der Waals surface area (Å²) in [7, 11) is 0. The van der Waals surface area contributed by atoms with E-state index in [0.29, 0.717) is 10.6 Å². The van der Waals surface area contributed by atoms with E-state index in [1.165, 1.54) is 6.08 Å². The third kappa shape index (κ3) is 3.28. The van der Waals surface area contributed by atoms with Crippen molar-refractivity contribution >= 4 is 23.5 Å². The maximum atomic E-state index is 12.1. The molecule has 0 aromatic heterocycles. The van der Waals surface area contributed by atoms with E-state index in [0.717, 1.165) is 16.7 Å². The molecule has 0 heterocycles. The lowest BCUT2D eigenvalue weighted by atomic mass is 10.0. The third-order valence-electron chi connectivity index (χ3n) is 3.06. The highest BCUT2D eigenvalue weighted by atomic mass is 35.5. The van der Waals surface area contributed by atoms with Gasteiger partial charge in [0, 0.05) is 5.02 Å². The summed E-state index contributed by atoms with van der Waals surface area (Å²) in [4.78, 5) is 12.1. The van der Waals surface area contributed by atoms with Gasteiger partial charge in [-0.15, -0.1) is 0 Å². The van der Waals surface area contributed by atoms with Gasteiger partial charge in [0.15, 0.2) is 5.78 Å². The Kier molecular flexibility index (Phi) is 4.26. The maximum absolute atomic E-state index is 12.1. The summed E-state index contributed by atoms with van der Waals surface area (Å²) in [5.74, 6) is -0.218. The van der Waals surface area contributed by atoms with Crippen molar-refractivity contribution in [3.05, 3.63) is 69.8 Å². The molecule has 0 saturated carbocycles. The molecule has 0 spiro atoms. The van der Waals surface area contributed by atoms with Crippen molar-refractivity contribution in [2.75, 3.05) is 0 Å². The number of allylic oxidation sites excluding steroid dienone is 1. The molecule has 102 valence electrons. The Morgan fingerprint density at radius 2 is 1.90 bits per heavy atom. The Morgan fingerprint density at radius 3 is 2.55 bits per heavy atom. The first-order valence-corrected chi connectivity index (χ1v) is 6.63. The third-order valence-corrected chi connectivity index (χ3v) is 3.30. The lowest BCUT2D eigenvalue weighted by Crippen LogP contribution is -1.95. The zero-order chi connectivity index (χ0) is 14.7. The van der Waals surface area contributed by atoms with E-state index < -0.39 is 0 Å². The number of aryl methyl sites for hydroxylation is 2. The predicted octanol–water partition coefficient (Wildman–Crippen LogP) is 4.56. The van der Waals surface area contributed by atoms with Gasteiger partial charge in [0.2, 0.25) is 0 Å². The number of rotatable bonds is 3. The lowest BCUT2D eigenvalue weighted by molar-refractivity contribution is 0.104. The van der Waals surface area contributed by atoms with E-state index in [1.54, 1.807) is 30.3 Å². The minimum Gasteiger partial charge on any atom is -0.507 e. The first kappa shape index (κ1) is 14.4. The summed E-state index contributed by atoms with van der Waals surface area (Å²) in [6.45, 7) is 3.79. The number of ketones is 1. The molecule has 1 N–H and O–H groups in total. The number of phenols is 1. The van der Waals surface area contributed by atoms with Crippen molar-refractivity contribution < 1.29 is 9.90 Å². The molecular weight excluding hydrogens is 272 g/mol. The van der Waals surface area contributed by atoms with Gasteiger partial charge in [0.05, 0.1) is 5.56 Å². The summed E-state index contributed by atoms with van der Waals surface area (Å²) < 4.78 is 0. The second-order valence-corrected chi connectivity index (χ2v) is 5.16. The van der Waals surface area contributed by atoms with Gasteiger partial charge in [0.1, 0.15) is 5.75 Å². The zero-order valence-corrected chi connectivity index (χ0v) is 12.1. The number of carbonyl (C=O) groups excluding carboxylic acids is 1. The smallest absolute Gasteiger partial charge is 0.189 e. The fourth-order valence-corrected chi connectivity index (χ4v) is 2.16. The number of phenolic OH excluding ortho intramolecular Hbond substituents is 1. The number of hydrogen-bond donors (Lipinski definition) is 1. The molecule has 0 aliphatic heterocycles. The first-order chi connectivity index (χ1) is 9.47. The molecule has 20 heavy (non-hydrogen) atoms. The predicted molar refractivity (Wildman–Crippen MR) is 82.4 cm³/mol. The van der Waals surface area contributed by atoms with E-state index in [4.69, 9.17) is 11.6 Å². The van der Waals surface area contributed by atoms with Gasteiger partial charge < -0.3 is 5.11 Å². The quantitative estimate of drug-likeness (QED) is 0.663. The Labute approximate surface area is 123 Å². The Morgan fingerprint density at radius 1 is 1.15 bits per heavy atom. The van der Waals surface area contributed by atoms with E-state index in [-0.39, 0.29) is 11.5 Å². The van der Waals surface area contributed by atoms with Gasteiger partial charge in [-0.1, -0.05) is 29.8 Å². The Bertz CT molecular complexity index is 687. The van der Waals surface area contributed by atoms with Crippen LogP contribution >= 0.6 is 11.6 Å². The van der Waals surface area contributed by atoms with Crippen molar-refractivity contribution in [2.24, 2.45) is 0 Å². The Hall–Kier alpha value is -2.06. The van der Waals surface area contributed by atoms with Crippen molar-refractivity contribution in [3.63, 3.8) is 0 Å². The number of halogens is 1. The second kappa shape index (κ2) is 5.93. The zero-order valence-electron chi connectivity index (χ0n) is 11.4. The summed E-state index contributed by atoms with van der Waals surface area (Å²) in [6, 6.07) is 10.5. The largest absolute Gasteiger partial charge is 0.507 e. The van der Waals surface area contributed by atoms with Crippen LogP contribution in [-0.4, -0.2) is 10.9 Å². The summed E-state index contributed by atoms with van der Waals surface area (Å²) in [6.07, 6.45) is 3.19. The van der Waals surface area contributed by atoms with Crippen molar-refractivity contribution in [1.82, 2.24) is 0 Å². The van der Waals surface area contributed by atoms with Gasteiger partial charge in [-0.3, -0.25) is 4.79 Å². The molecule has 0 fully saturated rings. The van der Waals surface area contributed by atoms with Gasteiger partial charge in [-0.25, -0.2) is 0 Å². The molecule has 0 aliphatic rings. The fourth-order valence-electron chi connectivity index (χ4n) is 1.93. The highest BCUT2D eigenvalue weighted by Gasteiger charge is 2.08. The number of carbonyl (C=O) groups is 1. The topological polar surface area (TPSA) is 37.3 Å². The van der Waals surface area contributed by atoms with Crippen molar-refractivity contribution in [2.45, 2.75) is 13.8 Å². The average Bonchev–Trinajstić information content (AvgIpc) is 2.37. The van der Waals surface area contributed by atoms with Gasteiger partial charge in [-0.2, -0.15) is 0 Å². The van der Waals surface area contributed by atoms with Crippen LogP contribution in [0.15, 0.2) is 42.5 Å². The normalized spacial score (nSPS) is 10.9. The van der Waals surface area contributed by atoms with Crippen LogP contribution in [0.4, 0.5) is 0 Å². The van der Waals surface area contributed by atoms with Crippen molar-refractivity contribution in [3.8, 4) is 5.75 Å². The minimum atomic E-state index is -0.225. The van der Waals surface area contributed by atoms with Crippen LogP contribution in [0.2, 0.25) is 5.02 Å². The van der Waals surface area contributed by atoms with Gasteiger partial charge >= 0.3 is 0 Å². The van der Waals surface area contributed by atoms with Crippen LogP contribution in [0.25, 0.3) is 6.08 Å². The summed E-state index contributed by atoms with van der Waals surface area (Å²) in [5.41, 5.74) is 3.14. The SMILES string of the molecule is Cc1ccc(C(=O)/C=C/c2ccc(Cl)cc2C)c(O)c1. The van der Waals surface area contributed by atoms with Gasteiger partial charge in [0.25, 0.3) is 0 Å². The molecule has 2 aromatic carbocycles. The molecule has 0 unspecified atom stereocenters. The molecule has 0 amide bonds. The molecule has 0 saturated heterocycles. The lowest BCUT2D eigenvalue weighted by Gasteiger charge is -2.03. The minimum absolute atomic E-state index is 0.00692. The molecule has 0 bridgehead atoms. The van der Waals surface area contributed by atoms with Crippen LogP contribution in [0.5, 0.6) is 5.75 Å². The summed E-state index contributed by atoms with van der Waals surface area (Å²) >= 11 is 5.89. The van der Waals surface area contributed by atoms with Crippen molar-refractivity contribution in [1.29, 1.82) is 0 Å². The second-order valence-electron chi connectivity index (χ2n) is 4.72. The van der Waals surface area contributed by atoms with Crippen LogP contribution in [0, 0.1) is 13.8 Å². The summed E-state index contributed by atoms with van der Waals surface area (Å²) in [5, 5.41) is 10.4. The molecule has 2 aromatic rings. The number of hydrogen-bond acceptors (Lipinski definition) is 2. The average molecular weight is 287 g/mol. The molecule has 0 radical (unpaired) electrons. The Balaban J connectivity index is 2.24. The molecular formula is C17H15ClO2. The van der Waals surface area contributed by atoms with E-state index >= 15 is 0 Å². The van der Waals surface area contributed by atoms with E-state index in [9.17, 15) is 9.90 Å². The number of aromatic hydroxyl groups is 1. The van der Waals surface area contributed by atoms with Gasteiger partial charge in [-0.05, 0) is 60.9 Å². The molecule has 2 nitrogen and oxygen atoms in total. The first-order valence-electron chi connectivity index (χ1n) is 6.25. The molecule has 0 aliphatic carbocycles. The standard InChI is InChI=1S/C17H15ClO2/c1-11-3-7-15(17(20)9-11)16(19)8-5-13-4-6-14(18)10-12(13)2/h3-10,20H,1-2H3/b8-5+.